The molecule has 5 nitrogen and oxygen atoms in total. The average molecular weight is 445 g/mol. The molecular formula is C20H17F6N3O2. The molecule has 166 valence electrons. The van der Waals surface area contributed by atoms with Crippen molar-refractivity contribution in [3.63, 3.8) is 0 Å². The van der Waals surface area contributed by atoms with Gasteiger partial charge in [-0.3, -0.25) is 4.79 Å². The maximum Gasteiger partial charge on any atom is 0.442 e. The highest BCUT2D eigenvalue weighted by molar-refractivity contribution is 5.94. The van der Waals surface area contributed by atoms with Crippen LogP contribution in [0, 0.1) is 0 Å². The lowest BCUT2D eigenvalue weighted by Crippen LogP contribution is -2.50. The SMILES string of the molecule is CC(C(O)C(F)(F)F)N(Cc1ccccc1)C(=O)c1ccc(C2(C(F)(F)F)N=N2)cc1. The molecule has 1 heterocycles. The Morgan fingerprint density at radius 2 is 1.55 bits per heavy atom. The van der Waals surface area contributed by atoms with Crippen molar-refractivity contribution < 1.29 is 36.2 Å². The first-order valence-electron chi connectivity index (χ1n) is 9.08. The first-order chi connectivity index (χ1) is 14.4. The Bertz CT molecular complexity index is 952. The summed E-state index contributed by atoms with van der Waals surface area (Å²) in [6, 6.07) is 10.7. The number of hydrogen-bond donors (Lipinski definition) is 1. The molecule has 2 unspecified atom stereocenters. The number of carbonyl (C=O) groups excluding carboxylic acids is 1. The number of hydrogen-bond acceptors (Lipinski definition) is 4. The Morgan fingerprint density at radius 3 is 2.00 bits per heavy atom. The van der Waals surface area contributed by atoms with Gasteiger partial charge in [-0.05, 0) is 24.6 Å². The maximum absolute atomic E-state index is 13.1. The largest absolute Gasteiger partial charge is 0.442 e. The molecule has 0 aromatic heterocycles. The van der Waals surface area contributed by atoms with Crippen molar-refractivity contribution in [1.82, 2.24) is 4.90 Å². The van der Waals surface area contributed by atoms with Crippen molar-refractivity contribution in [3.05, 3.63) is 71.3 Å². The van der Waals surface area contributed by atoms with Crippen LogP contribution in [0.5, 0.6) is 0 Å². The number of aliphatic hydroxyl groups excluding tert-OH is 1. The van der Waals surface area contributed by atoms with E-state index in [4.69, 9.17) is 0 Å². The first-order valence-corrected chi connectivity index (χ1v) is 9.08. The average Bonchev–Trinajstić information content (AvgIpc) is 3.53. The number of halogens is 6. The van der Waals surface area contributed by atoms with E-state index in [0.717, 1.165) is 36.1 Å². The van der Waals surface area contributed by atoms with Gasteiger partial charge in [0, 0.05) is 17.7 Å². The Morgan fingerprint density at radius 1 is 1.00 bits per heavy atom. The van der Waals surface area contributed by atoms with E-state index in [0.29, 0.717) is 5.56 Å². The molecule has 0 saturated heterocycles. The van der Waals surface area contributed by atoms with Gasteiger partial charge in [-0.2, -0.15) is 26.3 Å². The highest BCUT2D eigenvalue weighted by atomic mass is 19.4. The van der Waals surface area contributed by atoms with Crippen LogP contribution in [0.3, 0.4) is 0 Å². The minimum absolute atomic E-state index is 0.140. The van der Waals surface area contributed by atoms with Crippen molar-refractivity contribution in [2.24, 2.45) is 10.2 Å². The maximum atomic E-state index is 13.1. The number of nitrogens with zero attached hydrogens (tertiary/aromatic N) is 3. The van der Waals surface area contributed by atoms with E-state index in [9.17, 15) is 36.2 Å². The van der Waals surface area contributed by atoms with Gasteiger partial charge in [-0.1, -0.05) is 42.5 Å². The van der Waals surface area contributed by atoms with Crippen LogP contribution in [-0.4, -0.2) is 40.4 Å². The monoisotopic (exact) mass is 445 g/mol. The second kappa shape index (κ2) is 7.95. The summed E-state index contributed by atoms with van der Waals surface area (Å²) in [6.07, 6.45) is -12.5. The van der Waals surface area contributed by atoms with Crippen molar-refractivity contribution in [3.8, 4) is 0 Å². The summed E-state index contributed by atoms with van der Waals surface area (Å²) in [5, 5.41) is 15.8. The molecule has 0 radical (unpaired) electrons. The highest BCUT2D eigenvalue weighted by Crippen LogP contribution is 2.52. The van der Waals surface area contributed by atoms with E-state index in [1.54, 1.807) is 30.3 Å². The van der Waals surface area contributed by atoms with Gasteiger partial charge in [0.05, 0.1) is 6.04 Å². The Kier molecular flexibility index (Phi) is 5.83. The lowest BCUT2D eigenvalue weighted by molar-refractivity contribution is -0.217. The molecule has 2 atom stereocenters. The molecule has 1 aliphatic rings. The molecule has 11 heteroatoms. The van der Waals surface area contributed by atoms with Gasteiger partial charge in [-0.25, -0.2) is 0 Å². The fraction of sp³-hybridized carbons (Fsp3) is 0.350. The summed E-state index contributed by atoms with van der Waals surface area (Å²) in [7, 11) is 0. The van der Waals surface area contributed by atoms with E-state index in [-0.39, 0.29) is 17.7 Å². The third kappa shape index (κ3) is 4.55. The number of rotatable bonds is 6. The number of benzene rings is 2. The van der Waals surface area contributed by atoms with Gasteiger partial charge in [-0.15, -0.1) is 10.2 Å². The second-order valence-electron chi connectivity index (χ2n) is 7.09. The Hall–Kier alpha value is -2.95. The van der Waals surface area contributed by atoms with Gasteiger partial charge < -0.3 is 10.0 Å². The fourth-order valence-electron chi connectivity index (χ4n) is 3.08. The minimum Gasteiger partial charge on any atom is -0.382 e. The number of amides is 1. The van der Waals surface area contributed by atoms with Crippen molar-refractivity contribution in [2.45, 2.75) is 43.6 Å². The number of alkyl halides is 6. The molecule has 0 spiro atoms. The van der Waals surface area contributed by atoms with Gasteiger partial charge >= 0.3 is 18.0 Å². The Balaban J connectivity index is 1.89. The summed E-state index contributed by atoms with van der Waals surface area (Å²) in [5.74, 6) is -0.878. The van der Waals surface area contributed by atoms with Crippen LogP contribution in [0.15, 0.2) is 64.8 Å². The molecule has 3 rings (SSSR count). The van der Waals surface area contributed by atoms with Crippen LogP contribution in [0.25, 0.3) is 0 Å². The highest BCUT2D eigenvalue weighted by Gasteiger charge is 2.65. The summed E-state index contributed by atoms with van der Waals surface area (Å²) in [4.78, 5) is 13.8. The number of aliphatic hydroxyl groups is 1. The van der Waals surface area contributed by atoms with E-state index in [1.165, 1.54) is 0 Å². The number of carbonyl (C=O) groups is 1. The molecule has 0 saturated carbocycles. The quantitative estimate of drug-likeness (QED) is 0.648. The van der Waals surface area contributed by atoms with Gasteiger partial charge in [0.1, 0.15) is 0 Å². The minimum atomic E-state index is -4.97. The molecular weight excluding hydrogens is 428 g/mol. The molecule has 1 N–H and O–H groups in total. The van der Waals surface area contributed by atoms with E-state index in [2.05, 4.69) is 10.2 Å². The molecule has 31 heavy (non-hydrogen) atoms. The summed E-state index contributed by atoms with van der Waals surface area (Å²) in [5.41, 5.74) is -2.60. The predicted molar refractivity (Wildman–Crippen MR) is 96.9 cm³/mol. The lowest BCUT2D eigenvalue weighted by atomic mass is 10.00. The molecule has 1 aliphatic heterocycles. The summed E-state index contributed by atoms with van der Waals surface area (Å²) in [6.45, 7) is 0.806. The lowest BCUT2D eigenvalue weighted by Gasteiger charge is -2.33. The van der Waals surface area contributed by atoms with Crippen LogP contribution in [0.1, 0.15) is 28.4 Å². The smallest absolute Gasteiger partial charge is 0.382 e. The molecule has 0 fully saturated rings. The van der Waals surface area contributed by atoms with Crippen LogP contribution in [0.4, 0.5) is 26.3 Å². The second-order valence-corrected chi connectivity index (χ2v) is 7.09. The van der Waals surface area contributed by atoms with Crippen LogP contribution in [-0.2, 0) is 12.2 Å². The van der Waals surface area contributed by atoms with Crippen molar-refractivity contribution in [1.29, 1.82) is 0 Å². The zero-order valence-corrected chi connectivity index (χ0v) is 16.0. The standard InChI is InChI=1S/C20H17F6N3O2/c1-12(16(30)19(21,22)23)29(11-13-5-3-2-4-6-13)17(31)14-7-9-15(10-8-14)18(27-28-18)20(24,25)26/h2-10,12,16,30H,11H2,1H3. The van der Waals surface area contributed by atoms with Crippen LogP contribution >= 0.6 is 0 Å². The van der Waals surface area contributed by atoms with E-state index < -0.39 is 36.1 Å². The third-order valence-corrected chi connectivity index (χ3v) is 4.97. The van der Waals surface area contributed by atoms with Crippen molar-refractivity contribution in [2.75, 3.05) is 0 Å². The summed E-state index contributed by atoms with van der Waals surface area (Å²) >= 11 is 0. The molecule has 0 aliphatic carbocycles. The Labute approximate surface area is 173 Å². The van der Waals surface area contributed by atoms with Gasteiger partial charge in [0.2, 0.25) is 0 Å². The third-order valence-electron chi connectivity index (χ3n) is 4.97. The van der Waals surface area contributed by atoms with Crippen LogP contribution in [0.2, 0.25) is 0 Å². The molecule has 0 bridgehead atoms. The molecule has 2 aromatic carbocycles. The van der Waals surface area contributed by atoms with Gasteiger partial charge in [0.15, 0.2) is 6.10 Å². The topological polar surface area (TPSA) is 65.3 Å². The fourth-order valence-corrected chi connectivity index (χ4v) is 3.08. The van der Waals surface area contributed by atoms with Crippen LogP contribution < -0.4 is 0 Å². The molecule has 2 aromatic rings. The zero-order valence-electron chi connectivity index (χ0n) is 16.0. The zero-order chi connectivity index (χ0) is 23.0. The van der Waals surface area contributed by atoms with E-state index >= 15 is 0 Å². The van der Waals surface area contributed by atoms with Crippen molar-refractivity contribution >= 4 is 5.91 Å². The normalized spacial score (nSPS) is 17.2. The molecule has 1 amide bonds. The summed E-state index contributed by atoms with van der Waals surface area (Å²) < 4.78 is 78.5. The predicted octanol–water partition coefficient (Wildman–Crippen LogP) is 4.82. The van der Waals surface area contributed by atoms with E-state index in [1.807, 2.05) is 0 Å². The first kappa shape index (κ1) is 22.7. The van der Waals surface area contributed by atoms with Gasteiger partial charge in [0.25, 0.3) is 5.91 Å².